The Hall–Kier alpha value is -3.54. The number of carboxylic acid groups (broad SMARTS) is 1. The van der Waals surface area contributed by atoms with Crippen LogP contribution in [-0.2, 0) is 23.7 Å². The van der Waals surface area contributed by atoms with Gasteiger partial charge in [0.1, 0.15) is 18.2 Å². The molecule has 0 amide bonds. The molecule has 0 bridgehead atoms. The highest BCUT2D eigenvalue weighted by Gasteiger charge is 2.33. The van der Waals surface area contributed by atoms with E-state index in [2.05, 4.69) is 0 Å². The number of benzene rings is 1. The van der Waals surface area contributed by atoms with Crippen LogP contribution in [0.25, 0.3) is 0 Å². The summed E-state index contributed by atoms with van der Waals surface area (Å²) < 4.78 is 31.3. The molecule has 226 valence electrons. The van der Waals surface area contributed by atoms with Crippen LogP contribution < -0.4 is 15.2 Å². The maximum atomic E-state index is 12.5. The zero-order chi connectivity index (χ0) is 30.4. The Balaban J connectivity index is 3.35. The Morgan fingerprint density at radius 3 is 1.80 bits per heavy atom. The minimum atomic E-state index is -1.42. The number of carbonyl (C=O) groups is 4. The van der Waals surface area contributed by atoms with Crippen LogP contribution in [0.15, 0.2) is 18.2 Å². The van der Waals surface area contributed by atoms with E-state index in [1.807, 2.05) is 13.8 Å². The van der Waals surface area contributed by atoms with E-state index in [-0.39, 0.29) is 18.1 Å². The van der Waals surface area contributed by atoms with Gasteiger partial charge in [-0.05, 0) is 64.2 Å². The van der Waals surface area contributed by atoms with Crippen molar-refractivity contribution in [3.05, 3.63) is 23.8 Å². The van der Waals surface area contributed by atoms with Gasteiger partial charge < -0.3 is 39.3 Å². The molecule has 5 atom stereocenters. The third-order valence-corrected chi connectivity index (χ3v) is 5.81. The van der Waals surface area contributed by atoms with Crippen LogP contribution in [0.2, 0.25) is 0 Å². The molecule has 0 heterocycles. The van der Waals surface area contributed by atoms with Crippen LogP contribution in [0.5, 0.6) is 11.5 Å². The highest BCUT2D eigenvalue weighted by molar-refractivity contribution is 5.75. The zero-order valence-electron chi connectivity index (χ0n) is 24.3. The molecule has 0 saturated carbocycles. The summed E-state index contributed by atoms with van der Waals surface area (Å²) in [5.41, 5.74) is 6.35. The molecule has 0 saturated heterocycles. The summed E-state index contributed by atoms with van der Waals surface area (Å²) >= 11 is 0. The molecular weight excluding hydrogens is 526 g/mol. The van der Waals surface area contributed by atoms with E-state index >= 15 is 0 Å². The topological polar surface area (TPSA) is 170 Å². The first-order valence-electron chi connectivity index (χ1n) is 13.5. The maximum absolute atomic E-state index is 12.5. The molecule has 4 unspecified atom stereocenters. The molecule has 0 radical (unpaired) electrons. The number of carboxylic acids is 1. The van der Waals surface area contributed by atoms with E-state index in [1.165, 1.54) is 18.2 Å². The van der Waals surface area contributed by atoms with Gasteiger partial charge in [-0.25, -0.2) is 14.4 Å². The van der Waals surface area contributed by atoms with Crippen LogP contribution in [0.4, 0.5) is 14.4 Å². The second kappa shape index (κ2) is 17.2. The average Bonchev–Trinajstić information content (AvgIpc) is 2.83. The largest absolute Gasteiger partial charge is 0.514 e. The van der Waals surface area contributed by atoms with Crippen molar-refractivity contribution in [2.45, 2.75) is 104 Å². The normalized spacial score (nSPS) is 14.7. The van der Waals surface area contributed by atoms with Crippen molar-refractivity contribution in [1.82, 2.24) is 0 Å². The smallest absolute Gasteiger partial charge is 0.480 e. The molecule has 0 aliphatic heterocycles. The summed E-state index contributed by atoms with van der Waals surface area (Å²) in [5.74, 6) is -3.18. The van der Waals surface area contributed by atoms with E-state index in [0.717, 1.165) is 12.8 Å². The van der Waals surface area contributed by atoms with E-state index in [1.54, 1.807) is 34.6 Å². The Bertz CT molecular complexity index is 981. The van der Waals surface area contributed by atoms with Gasteiger partial charge in [0.2, 0.25) is 0 Å². The van der Waals surface area contributed by atoms with E-state index in [9.17, 15) is 24.3 Å². The molecule has 12 nitrogen and oxygen atoms in total. The second-order valence-corrected chi connectivity index (χ2v) is 9.94. The Morgan fingerprint density at radius 2 is 1.32 bits per heavy atom. The van der Waals surface area contributed by atoms with Crippen molar-refractivity contribution in [1.29, 1.82) is 0 Å². The van der Waals surface area contributed by atoms with Gasteiger partial charge in [0.05, 0.1) is 12.7 Å². The fourth-order valence-electron chi connectivity index (χ4n) is 3.96. The van der Waals surface area contributed by atoms with Crippen molar-refractivity contribution >= 4 is 24.4 Å². The van der Waals surface area contributed by atoms with Gasteiger partial charge in [-0.2, -0.15) is 0 Å². The van der Waals surface area contributed by atoms with Crippen molar-refractivity contribution in [2.75, 3.05) is 6.61 Å². The van der Waals surface area contributed by atoms with Crippen LogP contribution in [0.1, 0.15) is 85.6 Å². The lowest BCUT2D eigenvalue weighted by atomic mass is 9.82. The van der Waals surface area contributed by atoms with Crippen molar-refractivity contribution < 1.29 is 52.7 Å². The van der Waals surface area contributed by atoms with E-state index < -0.39 is 60.6 Å². The number of rotatable bonds is 15. The first-order valence-corrected chi connectivity index (χ1v) is 13.5. The predicted molar refractivity (Wildman–Crippen MR) is 144 cm³/mol. The van der Waals surface area contributed by atoms with Gasteiger partial charge in [-0.1, -0.05) is 39.7 Å². The summed E-state index contributed by atoms with van der Waals surface area (Å²) in [4.78, 5) is 48.6. The van der Waals surface area contributed by atoms with Gasteiger partial charge in [-0.15, -0.1) is 0 Å². The molecule has 0 aromatic heterocycles. The van der Waals surface area contributed by atoms with Crippen LogP contribution in [0.3, 0.4) is 0 Å². The van der Waals surface area contributed by atoms with Gasteiger partial charge in [-0.3, -0.25) is 4.79 Å². The summed E-state index contributed by atoms with van der Waals surface area (Å²) in [6, 6.07) is 2.73. The lowest BCUT2D eigenvalue weighted by Crippen LogP contribution is -2.40. The molecule has 1 rings (SSSR count). The first kappa shape index (κ1) is 34.5. The van der Waals surface area contributed by atoms with E-state index in [0.29, 0.717) is 18.4 Å². The van der Waals surface area contributed by atoms with Gasteiger partial charge >= 0.3 is 24.4 Å². The molecule has 0 aliphatic rings. The molecule has 1 aromatic carbocycles. The number of carbonyl (C=O) groups excluding carboxylic acids is 3. The monoisotopic (exact) mass is 569 g/mol. The SMILES string of the molecule is CCCC(C)OC(=O)Oc1ccc(C(C(C)COC(=O)OC(C)C)[C@H](N)C(=O)O)cc1OC(=O)OC(C)CCC. The van der Waals surface area contributed by atoms with Crippen molar-refractivity contribution in [3.8, 4) is 11.5 Å². The molecule has 0 aliphatic carbocycles. The minimum absolute atomic E-state index is 0.149. The van der Waals surface area contributed by atoms with Crippen LogP contribution in [0, 0.1) is 5.92 Å². The van der Waals surface area contributed by atoms with Gasteiger partial charge in [0, 0.05) is 5.92 Å². The highest BCUT2D eigenvalue weighted by Crippen LogP contribution is 2.36. The van der Waals surface area contributed by atoms with Crippen LogP contribution in [-0.4, -0.2) is 60.5 Å². The van der Waals surface area contributed by atoms with E-state index in [4.69, 9.17) is 34.2 Å². The standard InChI is InChI=1S/C28H43NO11/c1-8-10-18(6)37-27(33)39-21-13-12-20(14-22(21)40-28(34)38-19(7)11-9-2)23(24(29)25(30)31)17(5)15-35-26(32)36-16(3)4/h12-14,16-19,23-24H,8-11,15,29H2,1-7H3,(H,30,31)/t17?,18?,19?,23?,24-/m0/s1. The van der Waals surface area contributed by atoms with Gasteiger partial charge in [0.15, 0.2) is 11.5 Å². The zero-order valence-corrected chi connectivity index (χ0v) is 24.3. The third kappa shape index (κ3) is 12.1. The Labute approximate surface area is 235 Å². The predicted octanol–water partition coefficient (Wildman–Crippen LogP) is 5.79. The molecular formula is C28H43NO11. The Kier molecular flexibility index (Phi) is 14.8. The Morgan fingerprint density at radius 1 is 0.800 bits per heavy atom. The average molecular weight is 570 g/mol. The fraction of sp³-hybridized carbons (Fsp3) is 0.643. The summed E-state index contributed by atoms with van der Waals surface area (Å²) in [7, 11) is 0. The number of hydrogen-bond donors (Lipinski definition) is 2. The van der Waals surface area contributed by atoms with Gasteiger partial charge in [0.25, 0.3) is 0 Å². The molecule has 12 heteroatoms. The number of ether oxygens (including phenoxy) is 6. The fourth-order valence-corrected chi connectivity index (χ4v) is 3.96. The molecule has 40 heavy (non-hydrogen) atoms. The molecule has 0 spiro atoms. The number of aliphatic carboxylic acids is 1. The number of nitrogens with two attached hydrogens (primary N) is 1. The summed E-state index contributed by atoms with van der Waals surface area (Å²) in [5, 5.41) is 9.68. The quantitative estimate of drug-likeness (QED) is 0.148. The summed E-state index contributed by atoms with van der Waals surface area (Å²) in [6.07, 6.45) is -1.38. The van der Waals surface area contributed by atoms with Crippen molar-refractivity contribution in [3.63, 3.8) is 0 Å². The molecule has 3 N–H and O–H groups in total. The van der Waals surface area contributed by atoms with Crippen molar-refractivity contribution in [2.24, 2.45) is 11.7 Å². The summed E-state index contributed by atoms with van der Waals surface area (Å²) in [6.45, 7) is 12.1. The lowest BCUT2D eigenvalue weighted by molar-refractivity contribution is -0.139. The molecule has 0 fully saturated rings. The molecule has 1 aromatic rings. The minimum Gasteiger partial charge on any atom is -0.480 e. The second-order valence-electron chi connectivity index (χ2n) is 9.94. The lowest BCUT2D eigenvalue weighted by Gasteiger charge is -2.28. The highest BCUT2D eigenvalue weighted by atomic mass is 16.8. The first-order chi connectivity index (χ1) is 18.8. The van der Waals surface area contributed by atoms with Crippen LogP contribution >= 0.6 is 0 Å². The number of hydrogen-bond acceptors (Lipinski definition) is 11. The maximum Gasteiger partial charge on any atom is 0.514 e. The third-order valence-electron chi connectivity index (χ3n) is 5.81.